The second-order valence-electron chi connectivity index (χ2n) is 4.80. The van der Waals surface area contributed by atoms with Gasteiger partial charge in [0, 0.05) is 18.1 Å². The minimum atomic E-state index is -0.511. The maximum absolute atomic E-state index is 12.3. The summed E-state index contributed by atoms with van der Waals surface area (Å²) in [6.07, 6.45) is 0.687. The zero-order chi connectivity index (χ0) is 14.6. The van der Waals surface area contributed by atoms with Crippen molar-refractivity contribution < 1.29 is 9.53 Å². The third kappa shape index (κ3) is 1.66. The lowest BCUT2D eigenvalue weighted by molar-refractivity contribution is 0.0606. The van der Waals surface area contributed by atoms with Crippen LogP contribution in [0.3, 0.4) is 0 Å². The van der Waals surface area contributed by atoms with Crippen LogP contribution in [0.2, 0.25) is 0 Å². The second-order valence-corrected chi connectivity index (χ2v) is 5.81. The third-order valence-corrected chi connectivity index (χ3v) is 4.60. The van der Waals surface area contributed by atoms with Crippen molar-refractivity contribution in [3.05, 3.63) is 56.8 Å². The summed E-state index contributed by atoms with van der Waals surface area (Å²) >= 11 is 1.17. The van der Waals surface area contributed by atoms with Gasteiger partial charge in [0.2, 0.25) is 0 Å². The summed E-state index contributed by atoms with van der Waals surface area (Å²) in [4.78, 5) is 29.3. The number of fused-ring (bicyclic) bond motifs is 5. The highest BCUT2D eigenvalue weighted by Crippen LogP contribution is 2.36. The maximum Gasteiger partial charge on any atom is 0.348 e. The van der Waals surface area contributed by atoms with Crippen molar-refractivity contribution in [2.45, 2.75) is 6.42 Å². The van der Waals surface area contributed by atoms with Crippen molar-refractivity contribution >= 4 is 22.3 Å². The van der Waals surface area contributed by atoms with Crippen LogP contribution in [0.1, 0.15) is 20.9 Å². The number of nitrogens with zero attached hydrogens (tertiary/aromatic N) is 2. The van der Waals surface area contributed by atoms with E-state index in [4.69, 9.17) is 0 Å². The van der Waals surface area contributed by atoms with Crippen molar-refractivity contribution in [1.82, 2.24) is 9.38 Å². The summed E-state index contributed by atoms with van der Waals surface area (Å²) in [5.74, 6) is -0.511. The Balaban J connectivity index is 2.01. The topological polar surface area (TPSA) is 60.7 Å². The quantitative estimate of drug-likeness (QED) is 0.505. The van der Waals surface area contributed by atoms with Crippen LogP contribution in [-0.4, -0.2) is 22.5 Å². The SMILES string of the molecule is COC(=O)c1cc(=O)n2c3c(nc2s1)-c1ccccc1C3. The van der Waals surface area contributed by atoms with Crippen LogP contribution in [0, 0.1) is 0 Å². The molecule has 0 bridgehead atoms. The summed E-state index contributed by atoms with van der Waals surface area (Å²) in [6.45, 7) is 0. The van der Waals surface area contributed by atoms with E-state index in [0.29, 0.717) is 11.4 Å². The summed E-state index contributed by atoms with van der Waals surface area (Å²) < 4.78 is 6.26. The van der Waals surface area contributed by atoms with Crippen LogP contribution >= 0.6 is 11.3 Å². The molecule has 0 amide bonds. The first-order valence-corrected chi connectivity index (χ1v) is 7.23. The lowest BCUT2D eigenvalue weighted by atomic mass is 10.1. The van der Waals surface area contributed by atoms with Gasteiger partial charge in [0.25, 0.3) is 5.56 Å². The van der Waals surface area contributed by atoms with Crippen molar-refractivity contribution in [3.8, 4) is 11.3 Å². The fourth-order valence-electron chi connectivity index (χ4n) is 2.70. The van der Waals surface area contributed by atoms with E-state index in [1.54, 1.807) is 4.40 Å². The van der Waals surface area contributed by atoms with Crippen molar-refractivity contribution in [2.75, 3.05) is 7.11 Å². The molecule has 1 aromatic carbocycles. The van der Waals surface area contributed by atoms with Gasteiger partial charge >= 0.3 is 5.97 Å². The molecule has 0 saturated heterocycles. The Bertz CT molecular complexity index is 955. The number of hydrogen-bond acceptors (Lipinski definition) is 5. The fraction of sp³-hybridized carbons (Fsp3) is 0.133. The molecule has 0 unspecified atom stereocenters. The average Bonchev–Trinajstić information content (AvgIpc) is 3.01. The first-order chi connectivity index (χ1) is 10.2. The minimum absolute atomic E-state index is 0.245. The molecule has 1 aliphatic rings. The smallest absolute Gasteiger partial charge is 0.348 e. The molecule has 0 saturated carbocycles. The van der Waals surface area contributed by atoms with Gasteiger partial charge < -0.3 is 4.74 Å². The first kappa shape index (κ1) is 12.3. The second kappa shape index (κ2) is 4.26. The lowest BCUT2D eigenvalue weighted by Gasteiger charge is -2.00. The summed E-state index contributed by atoms with van der Waals surface area (Å²) in [5, 5.41) is 0. The highest BCUT2D eigenvalue weighted by Gasteiger charge is 2.25. The van der Waals surface area contributed by atoms with Crippen LogP contribution in [-0.2, 0) is 11.2 Å². The number of carbonyl (C=O) groups is 1. The van der Waals surface area contributed by atoms with Crippen molar-refractivity contribution in [3.63, 3.8) is 0 Å². The molecular formula is C15H10N2O3S. The molecule has 3 aromatic rings. The van der Waals surface area contributed by atoms with Crippen LogP contribution in [0.4, 0.5) is 0 Å². The molecule has 4 rings (SSSR count). The lowest BCUT2D eigenvalue weighted by Crippen LogP contribution is -2.15. The Morgan fingerprint density at radius 2 is 2.19 bits per heavy atom. The van der Waals surface area contributed by atoms with E-state index in [1.165, 1.54) is 30.1 Å². The number of rotatable bonds is 1. The molecule has 0 N–H and O–H groups in total. The number of ether oxygens (including phenoxy) is 1. The molecule has 6 heteroatoms. The Morgan fingerprint density at radius 3 is 3.00 bits per heavy atom. The molecular weight excluding hydrogens is 288 g/mol. The predicted molar refractivity (Wildman–Crippen MR) is 78.9 cm³/mol. The highest BCUT2D eigenvalue weighted by molar-refractivity contribution is 7.18. The van der Waals surface area contributed by atoms with E-state index in [2.05, 4.69) is 9.72 Å². The molecule has 5 nitrogen and oxygen atoms in total. The zero-order valence-corrected chi connectivity index (χ0v) is 11.9. The van der Waals surface area contributed by atoms with Crippen molar-refractivity contribution in [1.29, 1.82) is 0 Å². The Hall–Kier alpha value is -2.47. The van der Waals surface area contributed by atoms with Crippen LogP contribution in [0.5, 0.6) is 0 Å². The standard InChI is InChI=1S/C15H10N2O3S/c1-20-14(19)11-7-12(18)17-10-6-8-4-2-3-5-9(8)13(10)16-15(17)21-11/h2-5,7H,6H2,1H3. The number of carbonyl (C=O) groups excluding carboxylic acids is 1. The number of hydrogen-bond donors (Lipinski definition) is 0. The summed E-state index contributed by atoms with van der Waals surface area (Å²) in [6, 6.07) is 9.30. The fourth-order valence-corrected chi connectivity index (χ4v) is 3.65. The van der Waals surface area contributed by atoms with E-state index in [-0.39, 0.29) is 10.4 Å². The Labute approximate surface area is 123 Å². The molecule has 104 valence electrons. The molecule has 1 aliphatic carbocycles. The van der Waals surface area contributed by atoms with Gasteiger partial charge in [0.05, 0.1) is 18.5 Å². The van der Waals surface area contributed by atoms with Crippen LogP contribution < -0.4 is 5.56 Å². The van der Waals surface area contributed by atoms with Gasteiger partial charge in [-0.1, -0.05) is 35.6 Å². The first-order valence-electron chi connectivity index (χ1n) is 6.41. The number of benzene rings is 1. The summed E-state index contributed by atoms with van der Waals surface area (Å²) in [7, 11) is 1.30. The predicted octanol–water partition coefficient (Wildman–Crippen LogP) is 2.11. The van der Waals surface area contributed by atoms with Crippen molar-refractivity contribution in [2.24, 2.45) is 0 Å². The largest absolute Gasteiger partial charge is 0.465 e. The molecule has 2 aromatic heterocycles. The van der Waals surface area contributed by atoms with Gasteiger partial charge in [-0.15, -0.1) is 0 Å². The molecule has 0 spiro atoms. The van der Waals surface area contributed by atoms with Crippen LogP contribution in [0.15, 0.2) is 35.1 Å². The number of aromatic nitrogens is 2. The molecule has 0 aliphatic heterocycles. The Morgan fingerprint density at radius 1 is 1.38 bits per heavy atom. The number of methoxy groups -OCH3 is 1. The van der Waals surface area contributed by atoms with Gasteiger partial charge in [0.1, 0.15) is 4.88 Å². The van der Waals surface area contributed by atoms with E-state index in [9.17, 15) is 9.59 Å². The normalized spacial score (nSPS) is 12.2. The van der Waals surface area contributed by atoms with E-state index >= 15 is 0 Å². The Kier molecular flexibility index (Phi) is 2.49. The third-order valence-electron chi connectivity index (χ3n) is 3.64. The molecule has 2 heterocycles. The van der Waals surface area contributed by atoms with Gasteiger partial charge in [-0.3, -0.25) is 9.20 Å². The minimum Gasteiger partial charge on any atom is -0.465 e. The molecule has 0 radical (unpaired) electrons. The van der Waals surface area contributed by atoms with Gasteiger partial charge in [-0.05, 0) is 5.56 Å². The zero-order valence-electron chi connectivity index (χ0n) is 11.1. The number of esters is 1. The molecule has 0 atom stereocenters. The molecule has 0 fully saturated rings. The van der Waals surface area contributed by atoms with E-state index in [0.717, 1.165) is 17.0 Å². The number of imidazole rings is 1. The van der Waals surface area contributed by atoms with E-state index in [1.807, 2.05) is 24.3 Å². The maximum atomic E-state index is 12.3. The summed E-state index contributed by atoms with van der Waals surface area (Å²) in [5.41, 5.74) is 3.71. The highest BCUT2D eigenvalue weighted by atomic mass is 32.1. The van der Waals surface area contributed by atoms with Gasteiger partial charge in [-0.2, -0.15) is 0 Å². The molecule has 21 heavy (non-hydrogen) atoms. The van der Waals surface area contributed by atoms with E-state index < -0.39 is 5.97 Å². The van der Waals surface area contributed by atoms with Gasteiger partial charge in [0.15, 0.2) is 4.96 Å². The van der Waals surface area contributed by atoms with Crippen LogP contribution in [0.25, 0.3) is 16.2 Å². The monoisotopic (exact) mass is 298 g/mol. The van der Waals surface area contributed by atoms with Gasteiger partial charge in [-0.25, -0.2) is 9.78 Å². The average molecular weight is 298 g/mol.